The summed E-state index contributed by atoms with van der Waals surface area (Å²) in [5.41, 5.74) is 7.68. The third-order valence-electron chi connectivity index (χ3n) is 2.02. The molecule has 2 aromatic rings. The molecule has 16 heavy (non-hydrogen) atoms. The molecule has 0 aliphatic heterocycles. The van der Waals surface area contributed by atoms with Crippen molar-refractivity contribution < 1.29 is 5.11 Å². The quantitative estimate of drug-likeness (QED) is 0.592. The molecule has 0 radical (unpaired) electrons. The number of phenols is 1. The van der Waals surface area contributed by atoms with E-state index in [4.69, 9.17) is 10.8 Å². The van der Waals surface area contributed by atoms with Crippen LogP contribution in [0.25, 0.3) is 0 Å². The van der Waals surface area contributed by atoms with Crippen LogP contribution in [-0.2, 0) is 0 Å². The van der Waals surface area contributed by atoms with Gasteiger partial charge in [-0.1, -0.05) is 0 Å². The summed E-state index contributed by atoms with van der Waals surface area (Å²) in [4.78, 5) is 0. The van der Waals surface area contributed by atoms with Gasteiger partial charge in [-0.05, 0) is 48.5 Å². The van der Waals surface area contributed by atoms with E-state index in [1.165, 1.54) is 0 Å². The maximum Gasteiger partial charge on any atom is 0.115 e. The lowest BCUT2D eigenvalue weighted by molar-refractivity contribution is 0.475. The zero-order chi connectivity index (χ0) is 11.4. The number of rotatable bonds is 2. The van der Waals surface area contributed by atoms with Gasteiger partial charge in [0.2, 0.25) is 0 Å². The number of phenolic OH excluding ortho intramolecular Hbond substituents is 1. The molecule has 0 saturated carbocycles. The van der Waals surface area contributed by atoms with Crippen LogP contribution in [0.15, 0.2) is 58.8 Å². The summed E-state index contributed by atoms with van der Waals surface area (Å²) in [5, 5.41) is 17.1. The van der Waals surface area contributed by atoms with Crippen LogP contribution < -0.4 is 5.73 Å². The smallest absolute Gasteiger partial charge is 0.115 e. The predicted molar refractivity (Wildman–Crippen MR) is 63.1 cm³/mol. The summed E-state index contributed by atoms with van der Waals surface area (Å²) in [6, 6.07) is 13.6. The number of nitrogens with two attached hydrogens (primary N) is 1. The Morgan fingerprint density at radius 3 is 1.69 bits per heavy atom. The maximum atomic E-state index is 9.09. The standard InChI is InChI=1S/C12H11N3O/c13-9-1-3-10(4-2-9)14-15-11-5-7-12(16)8-6-11/h1-8,16H,13H2/b15-14+. The number of benzene rings is 2. The molecule has 4 nitrogen and oxygen atoms in total. The molecule has 0 saturated heterocycles. The van der Waals surface area contributed by atoms with Gasteiger partial charge in [-0.25, -0.2) is 0 Å². The van der Waals surface area contributed by atoms with E-state index in [1.807, 2.05) is 0 Å². The van der Waals surface area contributed by atoms with Crippen molar-refractivity contribution in [1.82, 2.24) is 0 Å². The third-order valence-corrected chi connectivity index (χ3v) is 2.02. The predicted octanol–water partition coefficient (Wildman–Crippen LogP) is 3.39. The average Bonchev–Trinajstić information content (AvgIpc) is 2.30. The molecule has 0 bridgehead atoms. The molecule has 2 rings (SSSR count). The summed E-state index contributed by atoms with van der Waals surface area (Å²) in [6.07, 6.45) is 0. The summed E-state index contributed by atoms with van der Waals surface area (Å²) in [5.74, 6) is 0.214. The van der Waals surface area contributed by atoms with E-state index in [-0.39, 0.29) is 5.75 Å². The van der Waals surface area contributed by atoms with Gasteiger partial charge in [0.05, 0.1) is 11.4 Å². The molecule has 0 heterocycles. The fourth-order valence-corrected chi connectivity index (χ4v) is 1.18. The Morgan fingerprint density at radius 1 is 0.750 bits per heavy atom. The Morgan fingerprint density at radius 2 is 1.19 bits per heavy atom. The zero-order valence-electron chi connectivity index (χ0n) is 8.54. The lowest BCUT2D eigenvalue weighted by atomic mass is 10.3. The van der Waals surface area contributed by atoms with Crippen LogP contribution in [0.1, 0.15) is 0 Å². The van der Waals surface area contributed by atoms with E-state index in [9.17, 15) is 0 Å². The number of hydrogen-bond acceptors (Lipinski definition) is 4. The van der Waals surface area contributed by atoms with Crippen LogP contribution in [0.3, 0.4) is 0 Å². The molecule has 0 aromatic heterocycles. The molecule has 0 spiro atoms. The first-order chi connectivity index (χ1) is 7.74. The minimum atomic E-state index is 0.214. The normalized spacial score (nSPS) is 10.8. The highest BCUT2D eigenvalue weighted by Gasteiger charge is 1.91. The SMILES string of the molecule is Nc1ccc(/N=N/c2ccc(O)cc2)cc1. The van der Waals surface area contributed by atoms with Crippen molar-refractivity contribution in [2.24, 2.45) is 10.2 Å². The van der Waals surface area contributed by atoms with Crippen molar-refractivity contribution >= 4 is 17.1 Å². The number of hydrogen-bond donors (Lipinski definition) is 2. The van der Waals surface area contributed by atoms with Gasteiger partial charge in [0.25, 0.3) is 0 Å². The van der Waals surface area contributed by atoms with E-state index < -0.39 is 0 Å². The number of anilines is 1. The molecular weight excluding hydrogens is 202 g/mol. The molecule has 0 fully saturated rings. The number of nitrogens with zero attached hydrogens (tertiary/aromatic N) is 2. The fourth-order valence-electron chi connectivity index (χ4n) is 1.18. The van der Waals surface area contributed by atoms with E-state index >= 15 is 0 Å². The van der Waals surface area contributed by atoms with Gasteiger partial charge in [0.1, 0.15) is 5.75 Å². The minimum absolute atomic E-state index is 0.214. The Balaban J connectivity index is 2.15. The molecular formula is C12H11N3O. The van der Waals surface area contributed by atoms with Gasteiger partial charge in [-0.2, -0.15) is 10.2 Å². The van der Waals surface area contributed by atoms with Crippen LogP contribution in [0.5, 0.6) is 5.75 Å². The van der Waals surface area contributed by atoms with Gasteiger partial charge < -0.3 is 10.8 Å². The summed E-state index contributed by atoms with van der Waals surface area (Å²) in [6.45, 7) is 0. The Bertz CT molecular complexity index is 441. The van der Waals surface area contributed by atoms with Crippen molar-refractivity contribution in [1.29, 1.82) is 0 Å². The van der Waals surface area contributed by atoms with E-state index in [0.717, 1.165) is 5.69 Å². The van der Waals surface area contributed by atoms with Crippen LogP contribution in [0.4, 0.5) is 17.1 Å². The van der Waals surface area contributed by atoms with Crippen LogP contribution >= 0.6 is 0 Å². The molecule has 0 amide bonds. The number of azo groups is 1. The molecule has 80 valence electrons. The Hall–Kier alpha value is -2.36. The zero-order valence-corrected chi connectivity index (χ0v) is 8.54. The molecule has 0 atom stereocenters. The van der Waals surface area contributed by atoms with E-state index in [0.29, 0.717) is 11.4 Å². The molecule has 4 heteroatoms. The second-order valence-corrected chi connectivity index (χ2v) is 3.31. The lowest BCUT2D eigenvalue weighted by Gasteiger charge is -1.95. The van der Waals surface area contributed by atoms with Gasteiger partial charge in [0.15, 0.2) is 0 Å². The monoisotopic (exact) mass is 213 g/mol. The van der Waals surface area contributed by atoms with E-state index in [2.05, 4.69) is 10.2 Å². The second-order valence-electron chi connectivity index (χ2n) is 3.31. The second kappa shape index (κ2) is 4.44. The minimum Gasteiger partial charge on any atom is -0.508 e. The highest BCUT2D eigenvalue weighted by molar-refractivity contribution is 5.48. The van der Waals surface area contributed by atoms with Crippen LogP contribution in [0, 0.1) is 0 Å². The summed E-state index contributed by atoms with van der Waals surface area (Å²) < 4.78 is 0. The number of nitrogen functional groups attached to an aromatic ring is 1. The van der Waals surface area contributed by atoms with Gasteiger partial charge in [-0.15, -0.1) is 0 Å². The van der Waals surface area contributed by atoms with Gasteiger partial charge >= 0.3 is 0 Å². The average molecular weight is 213 g/mol. The fraction of sp³-hybridized carbons (Fsp3) is 0. The molecule has 3 N–H and O–H groups in total. The van der Waals surface area contributed by atoms with E-state index in [1.54, 1.807) is 48.5 Å². The largest absolute Gasteiger partial charge is 0.508 e. The van der Waals surface area contributed by atoms with Crippen molar-refractivity contribution in [3.63, 3.8) is 0 Å². The first-order valence-corrected chi connectivity index (χ1v) is 4.80. The topological polar surface area (TPSA) is 71.0 Å². The molecule has 2 aromatic carbocycles. The molecule has 0 aliphatic rings. The number of aromatic hydroxyl groups is 1. The molecule has 0 aliphatic carbocycles. The summed E-state index contributed by atoms with van der Waals surface area (Å²) >= 11 is 0. The Labute approximate surface area is 93.1 Å². The van der Waals surface area contributed by atoms with Crippen LogP contribution in [-0.4, -0.2) is 5.11 Å². The van der Waals surface area contributed by atoms with Crippen molar-refractivity contribution in [2.45, 2.75) is 0 Å². The maximum absolute atomic E-state index is 9.09. The van der Waals surface area contributed by atoms with Gasteiger partial charge in [-0.3, -0.25) is 0 Å². The van der Waals surface area contributed by atoms with Crippen molar-refractivity contribution in [3.8, 4) is 5.75 Å². The third kappa shape index (κ3) is 2.57. The first-order valence-electron chi connectivity index (χ1n) is 4.80. The molecule has 0 unspecified atom stereocenters. The van der Waals surface area contributed by atoms with Gasteiger partial charge in [0, 0.05) is 5.69 Å². The van der Waals surface area contributed by atoms with Crippen molar-refractivity contribution in [2.75, 3.05) is 5.73 Å². The first kappa shape index (κ1) is 10.2. The highest BCUT2D eigenvalue weighted by Crippen LogP contribution is 2.20. The lowest BCUT2D eigenvalue weighted by Crippen LogP contribution is -1.80. The Kier molecular flexibility index (Phi) is 2.82. The highest BCUT2D eigenvalue weighted by atomic mass is 16.3. The summed E-state index contributed by atoms with van der Waals surface area (Å²) in [7, 11) is 0. The van der Waals surface area contributed by atoms with Crippen molar-refractivity contribution in [3.05, 3.63) is 48.5 Å². The van der Waals surface area contributed by atoms with Crippen LogP contribution in [0.2, 0.25) is 0 Å².